The van der Waals surface area contributed by atoms with Gasteiger partial charge in [0.1, 0.15) is 5.75 Å². The number of carboxylic acids is 1. The Morgan fingerprint density at radius 1 is 1.29 bits per heavy atom. The number of rotatable bonds is 8. The zero-order chi connectivity index (χ0) is 17.7. The van der Waals surface area contributed by atoms with Gasteiger partial charge in [0, 0.05) is 12.1 Å². The molecule has 0 unspecified atom stereocenters. The predicted molar refractivity (Wildman–Crippen MR) is 91.2 cm³/mol. The lowest BCUT2D eigenvalue weighted by atomic mass is 9.85. The summed E-state index contributed by atoms with van der Waals surface area (Å²) < 4.78 is 5.52. The normalized spacial score (nSPS) is 19.7. The van der Waals surface area contributed by atoms with Crippen molar-refractivity contribution >= 4 is 11.9 Å². The van der Waals surface area contributed by atoms with Gasteiger partial charge < -0.3 is 15.2 Å². The standard InChI is InChI=1S/C18H26N2O4/c1-4-20(10-18(22)23)15-8-14(9-15)19-17(21)11-24-16-6-5-12(2)13(3)7-16/h5-7,14-15H,4,8-11H2,1-3H3,(H,19,21)(H,22,23). The zero-order valence-corrected chi connectivity index (χ0v) is 14.5. The molecule has 1 aliphatic rings. The summed E-state index contributed by atoms with van der Waals surface area (Å²) >= 11 is 0. The van der Waals surface area contributed by atoms with Crippen LogP contribution in [0, 0.1) is 13.8 Å². The molecule has 1 aromatic carbocycles. The average Bonchev–Trinajstić information content (AvgIpc) is 2.49. The molecule has 2 rings (SSSR count). The van der Waals surface area contributed by atoms with Crippen molar-refractivity contribution in [3.63, 3.8) is 0 Å². The van der Waals surface area contributed by atoms with Crippen LogP contribution in [0.25, 0.3) is 0 Å². The van der Waals surface area contributed by atoms with Crippen molar-refractivity contribution in [2.45, 2.75) is 45.7 Å². The van der Waals surface area contributed by atoms with E-state index in [0.29, 0.717) is 12.3 Å². The lowest BCUT2D eigenvalue weighted by Gasteiger charge is -2.42. The number of hydrogen-bond donors (Lipinski definition) is 2. The molecule has 1 saturated carbocycles. The van der Waals surface area contributed by atoms with Crippen molar-refractivity contribution in [3.05, 3.63) is 29.3 Å². The SMILES string of the molecule is CCN(CC(=O)O)C1CC(NC(=O)COc2ccc(C)c(C)c2)C1. The number of aryl methyl sites for hydroxylation is 2. The van der Waals surface area contributed by atoms with E-state index in [2.05, 4.69) is 5.32 Å². The number of carbonyl (C=O) groups is 2. The smallest absolute Gasteiger partial charge is 0.317 e. The van der Waals surface area contributed by atoms with E-state index >= 15 is 0 Å². The van der Waals surface area contributed by atoms with Gasteiger partial charge in [-0.2, -0.15) is 0 Å². The topological polar surface area (TPSA) is 78.9 Å². The van der Waals surface area contributed by atoms with Crippen molar-refractivity contribution in [1.82, 2.24) is 10.2 Å². The van der Waals surface area contributed by atoms with Gasteiger partial charge in [-0.25, -0.2) is 0 Å². The van der Waals surface area contributed by atoms with Crippen molar-refractivity contribution in [2.75, 3.05) is 19.7 Å². The highest BCUT2D eigenvalue weighted by atomic mass is 16.5. The second kappa shape index (κ2) is 8.15. The van der Waals surface area contributed by atoms with Crippen LogP contribution >= 0.6 is 0 Å². The molecule has 1 amide bonds. The number of amides is 1. The molecular weight excluding hydrogens is 308 g/mol. The van der Waals surface area contributed by atoms with E-state index in [4.69, 9.17) is 9.84 Å². The summed E-state index contributed by atoms with van der Waals surface area (Å²) in [5, 5.41) is 11.8. The van der Waals surface area contributed by atoms with Gasteiger partial charge in [-0.15, -0.1) is 0 Å². The molecule has 6 nitrogen and oxygen atoms in total. The summed E-state index contributed by atoms with van der Waals surface area (Å²) in [6, 6.07) is 6.10. The predicted octanol–water partition coefficient (Wildman–Crippen LogP) is 1.74. The Labute approximate surface area is 142 Å². The molecule has 2 N–H and O–H groups in total. The van der Waals surface area contributed by atoms with Crippen LogP contribution in [0.2, 0.25) is 0 Å². The van der Waals surface area contributed by atoms with E-state index < -0.39 is 5.97 Å². The number of ether oxygens (including phenoxy) is 1. The summed E-state index contributed by atoms with van der Waals surface area (Å²) in [5.41, 5.74) is 2.32. The molecule has 1 fully saturated rings. The van der Waals surface area contributed by atoms with Crippen LogP contribution in [0.3, 0.4) is 0 Å². The van der Waals surface area contributed by atoms with Gasteiger partial charge in [0.2, 0.25) is 0 Å². The number of hydrogen-bond acceptors (Lipinski definition) is 4. The number of likely N-dealkylation sites (N-methyl/N-ethyl adjacent to an activating group) is 1. The molecule has 1 aromatic rings. The first-order chi connectivity index (χ1) is 11.4. The van der Waals surface area contributed by atoms with Gasteiger partial charge in [0.15, 0.2) is 6.61 Å². The summed E-state index contributed by atoms with van der Waals surface area (Å²) in [4.78, 5) is 24.7. The maximum Gasteiger partial charge on any atom is 0.317 e. The summed E-state index contributed by atoms with van der Waals surface area (Å²) in [6.45, 7) is 6.74. The van der Waals surface area contributed by atoms with E-state index in [1.165, 1.54) is 5.56 Å². The number of carboxylic acid groups (broad SMARTS) is 1. The molecule has 0 bridgehead atoms. The third-order valence-electron chi connectivity index (χ3n) is 4.59. The molecule has 0 spiro atoms. The Bertz CT molecular complexity index is 597. The molecule has 0 aromatic heterocycles. The van der Waals surface area contributed by atoms with Crippen LogP contribution in [-0.2, 0) is 9.59 Å². The van der Waals surface area contributed by atoms with E-state index in [1.54, 1.807) is 0 Å². The largest absolute Gasteiger partial charge is 0.484 e. The molecule has 0 atom stereocenters. The second-order valence-electron chi connectivity index (χ2n) is 6.38. The first-order valence-electron chi connectivity index (χ1n) is 8.34. The fourth-order valence-electron chi connectivity index (χ4n) is 2.90. The third kappa shape index (κ3) is 4.96. The highest BCUT2D eigenvalue weighted by Crippen LogP contribution is 2.25. The van der Waals surface area contributed by atoms with E-state index in [-0.39, 0.29) is 31.1 Å². The number of aliphatic carboxylic acids is 1. The van der Waals surface area contributed by atoms with Crippen LogP contribution in [-0.4, -0.2) is 53.7 Å². The number of benzene rings is 1. The minimum atomic E-state index is -0.814. The minimum absolute atomic E-state index is 0.00368. The highest BCUT2D eigenvalue weighted by Gasteiger charge is 2.34. The van der Waals surface area contributed by atoms with Gasteiger partial charge in [-0.05, 0) is 56.5 Å². The summed E-state index contributed by atoms with van der Waals surface area (Å²) in [6.07, 6.45) is 1.58. The Hall–Kier alpha value is -2.08. The maximum atomic E-state index is 12.0. The first-order valence-corrected chi connectivity index (χ1v) is 8.34. The lowest BCUT2D eigenvalue weighted by molar-refractivity contribution is -0.139. The van der Waals surface area contributed by atoms with Gasteiger partial charge >= 0.3 is 5.97 Å². The fourth-order valence-corrected chi connectivity index (χ4v) is 2.90. The van der Waals surface area contributed by atoms with Gasteiger partial charge in [-0.1, -0.05) is 13.0 Å². The van der Waals surface area contributed by atoms with Gasteiger partial charge in [0.25, 0.3) is 5.91 Å². The number of carbonyl (C=O) groups excluding carboxylic acids is 1. The second-order valence-corrected chi connectivity index (χ2v) is 6.38. The molecule has 132 valence electrons. The molecule has 6 heteroatoms. The molecule has 0 saturated heterocycles. The Morgan fingerprint density at radius 2 is 2.00 bits per heavy atom. The van der Waals surface area contributed by atoms with Crippen LogP contribution < -0.4 is 10.1 Å². The number of nitrogens with zero attached hydrogens (tertiary/aromatic N) is 1. The molecule has 24 heavy (non-hydrogen) atoms. The summed E-state index contributed by atoms with van der Waals surface area (Å²) in [5.74, 6) is -0.262. The van der Waals surface area contributed by atoms with Gasteiger partial charge in [0.05, 0.1) is 6.54 Å². The molecule has 0 aliphatic heterocycles. The number of nitrogens with one attached hydrogen (secondary N) is 1. The third-order valence-corrected chi connectivity index (χ3v) is 4.59. The van der Waals surface area contributed by atoms with Crippen molar-refractivity contribution in [3.8, 4) is 5.75 Å². The average molecular weight is 334 g/mol. The highest BCUT2D eigenvalue weighted by molar-refractivity contribution is 5.78. The van der Waals surface area contributed by atoms with E-state index in [1.807, 2.05) is 43.9 Å². The minimum Gasteiger partial charge on any atom is -0.484 e. The zero-order valence-electron chi connectivity index (χ0n) is 14.5. The molecular formula is C18H26N2O4. The van der Waals surface area contributed by atoms with Crippen molar-refractivity contribution < 1.29 is 19.4 Å². The van der Waals surface area contributed by atoms with Crippen LogP contribution in [0.4, 0.5) is 0 Å². The maximum absolute atomic E-state index is 12.0. The summed E-state index contributed by atoms with van der Waals surface area (Å²) in [7, 11) is 0. The first kappa shape index (κ1) is 18.3. The molecule has 0 radical (unpaired) electrons. The van der Waals surface area contributed by atoms with Crippen molar-refractivity contribution in [1.29, 1.82) is 0 Å². The van der Waals surface area contributed by atoms with Gasteiger partial charge in [-0.3, -0.25) is 14.5 Å². The Morgan fingerprint density at radius 3 is 2.58 bits per heavy atom. The quantitative estimate of drug-likeness (QED) is 0.757. The Balaban J connectivity index is 1.70. The van der Waals surface area contributed by atoms with Crippen LogP contribution in [0.1, 0.15) is 30.9 Å². The monoisotopic (exact) mass is 334 g/mol. The lowest BCUT2D eigenvalue weighted by Crippen LogP contribution is -2.55. The van der Waals surface area contributed by atoms with E-state index in [9.17, 15) is 9.59 Å². The van der Waals surface area contributed by atoms with Crippen LogP contribution in [0.15, 0.2) is 18.2 Å². The van der Waals surface area contributed by atoms with Crippen molar-refractivity contribution in [2.24, 2.45) is 0 Å². The Kier molecular flexibility index (Phi) is 6.20. The van der Waals surface area contributed by atoms with E-state index in [0.717, 1.165) is 18.4 Å². The molecule has 0 heterocycles. The fraction of sp³-hybridized carbons (Fsp3) is 0.556. The van der Waals surface area contributed by atoms with Crippen LogP contribution in [0.5, 0.6) is 5.75 Å². The molecule has 1 aliphatic carbocycles.